The molecule has 2 atom stereocenters. The highest BCUT2D eigenvalue weighted by molar-refractivity contribution is 8.76. The van der Waals surface area contributed by atoms with E-state index in [1.54, 1.807) is 21.6 Å². The van der Waals surface area contributed by atoms with E-state index in [1.807, 2.05) is 48.8 Å². The van der Waals surface area contributed by atoms with Crippen molar-refractivity contribution in [2.24, 2.45) is 0 Å². The minimum absolute atomic E-state index is 0.00647. The molecular formula is C20H28N2O2S2. The fourth-order valence-corrected chi connectivity index (χ4v) is 4.66. The molecule has 0 aromatic carbocycles. The molecule has 0 saturated heterocycles. The predicted molar refractivity (Wildman–Crippen MR) is 111 cm³/mol. The van der Waals surface area contributed by atoms with Crippen molar-refractivity contribution in [3.63, 3.8) is 0 Å². The van der Waals surface area contributed by atoms with Gasteiger partial charge in [0.05, 0.1) is 23.6 Å². The van der Waals surface area contributed by atoms with Crippen molar-refractivity contribution in [2.45, 2.75) is 52.1 Å². The van der Waals surface area contributed by atoms with Crippen LogP contribution in [0.1, 0.15) is 51.3 Å². The Hall–Kier alpha value is -1.08. The Morgan fingerprint density at radius 1 is 0.731 bits per heavy atom. The molecule has 2 aromatic heterocycles. The lowest BCUT2D eigenvalue weighted by atomic mass is 10.2. The Bertz CT molecular complexity index is 556. The average molecular weight is 393 g/mol. The maximum Gasteiger partial charge on any atom is 0.110 e. The molecule has 0 aliphatic carbocycles. The highest BCUT2D eigenvalue weighted by atomic mass is 33.1. The second kappa shape index (κ2) is 11.6. The Morgan fingerprint density at radius 3 is 1.46 bits per heavy atom. The lowest BCUT2D eigenvalue weighted by molar-refractivity contribution is 0.0178. The number of hydrogen-bond acceptors (Lipinski definition) is 6. The van der Waals surface area contributed by atoms with Gasteiger partial charge in [-0.3, -0.25) is 9.97 Å². The monoisotopic (exact) mass is 392 g/mol. The van der Waals surface area contributed by atoms with E-state index in [2.05, 4.69) is 37.7 Å². The first kappa shape index (κ1) is 21.2. The lowest BCUT2D eigenvalue weighted by Crippen LogP contribution is -2.15. The van der Waals surface area contributed by atoms with Crippen LogP contribution in [0.3, 0.4) is 0 Å². The van der Waals surface area contributed by atoms with Crippen molar-refractivity contribution >= 4 is 21.6 Å². The molecule has 0 fully saturated rings. The van der Waals surface area contributed by atoms with E-state index in [0.29, 0.717) is 0 Å². The van der Waals surface area contributed by atoms with Crippen LogP contribution in [0.25, 0.3) is 0 Å². The third-order valence-corrected chi connectivity index (χ3v) is 5.79. The first-order valence-electron chi connectivity index (χ1n) is 8.93. The van der Waals surface area contributed by atoms with Gasteiger partial charge in [0, 0.05) is 23.9 Å². The normalized spacial score (nSPS) is 13.9. The molecule has 0 amide bonds. The summed E-state index contributed by atoms with van der Waals surface area (Å²) in [5, 5.41) is 0. The maximum absolute atomic E-state index is 6.05. The molecule has 2 unspecified atom stereocenters. The fraction of sp³-hybridized carbons (Fsp3) is 0.500. The molecule has 0 spiro atoms. The number of ether oxygens (including phenoxy) is 2. The number of rotatable bonds is 11. The smallest absolute Gasteiger partial charge is 0.110 e. The van der Waals surface area contributed by atoms with Gasteiger partial charge in [-0.1, -0.05) is 33.7 Å². The van der Waals surface area contributed by atoms with Crippen molar-refractivity contribution in [3.05, 3.63) is 60.2 Å². The fourth-order valence-electron chi connectivity index (χ4n) is 2.40. The molecule has 0 N–H and O–H groups in total. The molecule has 6 heteroatoms. The van der Waals surface area contributed by atoms with Crippen LogP contribution in [-0.4, -0.2) is 33.7 Å². The van der Waals surface area contributed by atoms with E-state index in [-0.39, 0.29) is 24.4 Å². The van der Waals surface area contributed by atoms with Gasteiger partial charge in [-0.25, -0.2) is 0 Å². The number of aromatic nitrogens is 2. The molecular weight excluding hydrogens is 364 g/mol. The molecule has 0 bridgehead atoms. The zero-order valence-corrected chi connectivity index (χ0v) is 17.5. The maximum atomic E-state index is 6.05. The number of pyridine rings is 2. The molecule has 2 rings (SSSR count). The second-order valence-electron chi connectivity index (χ2n) is 6.43. The highest BCUT2D eigenvalue weighted by Crippen LogP contribution is 2.33. The van der Waals surface area contributed by atoms with Crippen LogP contribution in [0.2, 0.25) is 0 Å². The number of nitrogens with zero attached hydrogens (tertiary/aromatic N) is 2. The Labute approximate surface area is 164 Å². The summed E-state index contributed by atoms with van der Waals surface area (Å²) in [5.41, 5.74) is 1.96. The van der Waals surface area contributed by atoms with Crippen LogP contribution in [0.15, 0.2) is 48.8 Å². The summed E-state index contributed by atoms with van der Waals surface area (Å²) in [6.45, 7) is 8.23. The highest BCUT2D eigenvalue weighted by Gasteiger charge is 2.18. The van der Waals surface area contributed by atoms with Crippen LogP contribution < -0.4 is 0 Å². The number of hydrogen-bond donors (Lipinski definition) is 0. The van der Waals surface area contributed by atoms with Crippen LogP contribution >= 0.6 is 21.6 Å². The summed E-state index contributed by atoms with van der Waals surface area (Å²) in [6, 6.07) is 11.9. The van der Waals surface area contributed by atoms with Crippen molar-refractivity contribution in [1.29, 1.82) is 0 Å². The average Bonchev–Trinajstić information content (AvgIpc) is 2.64. The van der Waals surface area contributed by atoms with Crippen molar-refractivity contribution in [1.82, 2.24) is 9.97 Å². The first-order chi connectivity index (χ1) is 12.6. The van der Waals surface area contributed by atoms with Gasteiger partial charge < -0.3 is 9.47 Å². The molecule has 4 nitrogen and oxygen atoms in total. The van der Waals surface area contributed by atoms with E-state index in [1.165, 1.54) is 0 Å². The molecule has 0 aliphatic heterocycles. The van der Waals surface area contributed by atoms with Gasteiger partial charge in [-0.2, -0.15) is 0 Å². The molecule has 142 valence electrons. The van der Waals surface area contributed by atoms with Gasteiger partial charge in [0.15, 0.2) is 0 Å². The summed E-state index contributed by atoms with van der Waals surface area (Å²) in [4.78, 5) is 8.90. The first-order valence-corrected chi connectivity index (χ1v) is 11.4. The van der Waals surface area contributed by atoms with E-state index >= 15 is 0 Å². The summed E-state index contributed by atoms with van der Waals surface area (Å²) in [5.74, 6) is 1.69. The molecule has 0 radical (unpaired) electrons. The van der Waals surface area contributed by atoms with E-state index in [4.69, 9.17) is 9.47 Å². The van der Waals surface area contributed by atoms with Crippen LogP contribution in [-0.2, 0) is 9.47 Å². The summed E-state index contributed by atoms with van der Waals surface area (Å²) in [6.07, 6.45) is 3.95. The van der Waals surface area contributed by atoms with Gasteiger partial charge in [-0.15, -0.1) is 0 Å². The van der Waals surface area contributed by atoms with Crippen LogP contribution in [0.5, 0.6) is 0 Å². The van der Waals surface area contributed by atoms with E-state index in [9.17, 15) is 0 Å². The third-order valence-electron chi connectivity index (χ3n) is 3.43. The quantitative estimate of drug-likeness (QED) is 0.372. The third kappa shape index (κ3) is 7.66. The van der Waals surface area contributed by atoms with Crippen molar-refractivity contribution < 1.29 is 9.47 Å². The minimum atomic E-state index is -0.00647. The van der Waals surface area contributed by atoms with Crippen LogP contribution in [0.4, 0.5) is 0 Å². The van der Waals surface area contributed by atoms with Crippen molar-refractivity contribution in [2.75, 3.05) is 11.5 Å². The second-order valence-corrected chi connectivity index (χ2v) is 8.98. The van der Waals surface area contributed by atoms with Gasteiger partial charge in [0.25, 0.3) is 0 Å². The predicted octanol–water partition coefficient (Wildman–Crippen LogP) is 5.49. The molecule has 26 heavy (non-hydrogen) atoms. The molecule has 0 saturated carbocycles. The zero-order valence-electron chi connectivity index (χ0n) is 15.9. The minimum Gasteiger partial charge on any atom is -0.368 e. The van der Waals surface area contributed by atoms with E-state index in [0.717, 1.165) is 22.9 Å². The Balaban J connectivity index is 1.89. The molecule has 2 aromatic rings. The largest absolute Gasteiger partial charge is 0.368 e. The van der Waals surface area contributed by atoms with E-state index < -0.39 is 0 Å². The van der Waals surface area contributed by atoms with Gasteiger partial charge in [0.1, 0.15) is 12.2 Å². The van der Waals surface area contributed by atoms with Gasteiger partial charge in [0.2, 0.25) is 0 Å². The Morgan fingerprint density at radius 2 is 1.15 bits per heavy atom. The summed E-state index contributed by atoms with van der Waals surface area (Å²) < 4.78 is 12.1. The van der Waals surface area contributed by atoms with Crippen molar-refractivity contribution in [3.8, 4) is 0 Å². The van der Waals surface area contributed by atoms with Gasteiger partial charge >= 0.3 is 0 Å². The molecule has 0 aliphatic rings. The SMILES string of the molecule is CC(C)OC(CSSCC(OC(C)C)c1ccccn1)c1ccccn1. The molecule has 2 heterocycles. The zero-order chi connectivity index (χ0) is 18.8. The standard InChI is InChI=1S/C20H28N2O2S2/c1-15(2)23-19(17-9-5-7-11-21-17)13-25-26-14-20(24-16(3)4)18-10-6-8-12-22-18/h5-12,15-16,19-20H,13-14H2,1-4H3. The topological polar surface area (TPSA) is 44.2 Å². The van der Waals surface area contributed by atoms with Crippen LogP contribution in [0, 0.1) is 0 Å². The summed E-state index contributed by atoms with van der Waals surface area (Å²) >= 11 is 0. The lowest BCUT2D eigenvalue weighted by Gasteiger charge is -2.21. The summed E-state index contributed by atoms with van der Waals surface area (Å²) in [7, 11) is 3.58. The van der Waals surface area contributed by atoms with Gasteiger partial charge in [-0.05, 0) is 52.0 Å². The Kier molecular flexibility index (Phi) is 9.46.